The topological polar surface area (TPSA) is 69.2 Å². The summed E-state index contributed by atoms with van der Waals surface area (Å²) in [6.45, 7) is -0.144. The number of aromatic nitrogens is 2. The van der Waals surface area contributed by atoms with E-state index < -0.39 is 17.5 Å². The smallest absolute Gasteiger partial charge is 0.257 e. The molecule has 20 heavy (non-hydrogen) atoms. The average molecular weight is 281 g/mol. The van der Waals surface area contributed by atoms with Crippen LogP contribution in [-0.4, -0.2) is 39.0 Å². The number of carbonyl (C=O) groups excluding carboxylic acids is 1. The Morgan fingerprint density at radius 3 is 2.80 bits per heavy atom. The van der Waals surface area contributed by atoms with E-state index in [2.05, 4.69) is 9.97 Å². The van der Waals surface area contributed by atoms with Gasteiger partial charge in [0.15, 0.2) is 0 Å². The van der Waals surface area contributed by atoms with Gasteiger partial charge in [-0.1, -0.05) is 0 Å². The lowest BCUT2D eigenvalue weighted by atomic mass is 10.1. The Morgan fingerprint density at radius 1 is 1.40 bits per heavy atom. The number of benzene rings is 1. The first kappa shape index (κ1) is 14.1. The third-order valence-electron chi connectivity index (χ3n) is 2.71. The molecule has 5 nitrogen and oxygen atoms in total. The first-order valence-electron chi connectivity index (χ1n) is 5.95. The standard InChI is InChI=1S/C13H13F2N3O2/c14-9-1-2-10(11(15)7-9)13(20)18(5-6-19)8-12-16-3-4-17-12/h1-4,7,19H,5-6,8H2,(H,16,17). The molecule has 0 saturated heterocycles. The molecule has 0 spiro atoms. The minimum absolute atomic E-state index is 0.0242. The zero-order chi connectivity index (χ0) is 14.5. The van der Waals surface area contributed by atoms with Crippen molar-refractivity contribution < 1.29 is 18.7 Å². The maximum atomic E-state index is 13.6. The summed E-state index contributed by atoms with van der Waals surface area (Å²) in [5.74, 6) is -1.81. The van der Waals surface area contributed by atoms with Crippen molar-refractivity contribution in [1.82, 2.24) is 14.9 Å². The maximum absolute atomic E-state index is 13.6. The number of nitrogens with zero attached hydrogens (tertiary/aromatic N) is 2. The van der Waals surface area contributed by atoms with E-state index in [1.165, 1.54) is 11.1 Å². The van der Waals surface area contributed by atoms with Crippen molar-refractivity contribution in [1.29, 1.82) is 0 Å². The lowest BCUT2D eigenvalue weighted by molar-refractivity contribution is 0.0698. The van der Waals surface area contributed by atoms with Crippen LogP contribution in [0.15, 0.2) is 30.6 Å². The highest BCUT2D eigenvalue weighted by atomic mass is 19.1. The van der Waals surface area contributed by atoms with Gasteiger partial charge in [0.2, 0.25) is 0 Å². The largest absolute Gasteiger partial charge is 0.395 e. The molecule has 2 aromatic rings. The van der Waals surface area contributed by atoms with Crippen LogP contribution in [0.2, 0.25) is 0 Å². The average Bonchev–Trinajstić information content (AvgIpc) is 2.90. The molecule has 1 amide bonds. The fourth-order valence-corrected chi connectivity index (χ4v) is 1.77. The number of rotatable bonds is 5. The monoisotopic (exact) mass is 281 g/mol. The van der Waals surface area contributed by atoms with Crippen LogP contribution in [0.5, 0.6) is 0 Å². The van der Waals surface area contributed by atoms with Gasteiger partial charge in [0, 0.05) is 25.0 Å². The van der Waals surface area contributed by atoms with E-state index in [4.69, 9.17) is 5.11 Å². The summed E-state index contributed by atoms with van der Waals surface area (Å²) in [6, 6.07) is 2.75. The number of aliphatic hydroxyl groups excluding tert-OH is 1. The number of carbonyl (C=O) groups is 1. The summed E-state index contributed by atoms with van der Waals surface area (Å²) in [6.07, 6.45) is 3.12. The van der Waals surface area contributed by atoms with Crippen molar-refractivity contribution in [3.8, 4) is 0 Å². The maximum Gasteiger partial charge on any atom is 0.257 e. The van der Waals surface area contributed by atoms with Crippen LogP contribution in [0.3, 0.4) is 0 Å². The highest BCUT2D eigenvalue weighted by Gasteiger charge is 2.20. The van der Waals surface area contributed by atoms with E-state index in [1.54, 1.807) is 6.20 Å². The molecule has 0 fully saturated rings. The number of hydrogen-bond donors (Lipinski definition) is 2. The molecule has 0 saturated carbocycles. The van der Waals surface area contributed by atoms with E-state index in [-0.39, 0.29) is 25.3 Å². The zero-order valence-electron chi connectivity index (χ0n) is 10.5. The lowest BCUT2D eigenvalue weighted by Crippen LogP contribution is -2.34. The van der Waals surface area contributed by atoms with Crippen LogP contribution in [0, 0.1) is 11.6 Å². The molecular formula is C13H13F2N3O2. The number of aromatic amines is 1. The van der Waals surface area contributed by atoms with Gasteiger partial charge in [-0.15, -0.1) is 0 Å². The van der Waals surface area contributed by atoms with Crippen molar-refractivity contribution in [3.63, 3.8) is 0 Å². The summed E-state index contributed by atoms with van der Waals surface area (Å²) >= 11 is 0. The predicted octanol–water partition coefficient (Wildman–Crippen LogP) is 1.32. The second-order valence-electron chi connectivity index (χ2n) is 4.11. The molecule has 0 unspecified atom stereocenters. The van der Waals surface area contributed by atoms with Gasteiger partial charge in [0.05, 0.1) is 18.7 Å². The Balaban J connectivity index is 2.21. The number of amides is 1. The number of nitrogens with one attached hydrogen (secondary N) is 1. The molecule has 1 aromatic heterocycles. The number of imidazole rings is 1. The Morgan fingerprint density at radius 2 is 2.20 bits per heavy atom. The molecule has 1 heterocycles. The van der Waals surface area contributed by atoms with Gasteiger partial charge in [-0.2, -0.15) is 0 Å². The first-order valence-corrected chi connectivity index (χ1v) is 5.95. The molecule has 106 valence electrons. The van der Waals surface area contributed by atoms with Crippen molar-refractivity contribution in [3.05, 3.63) is 53.6 Å². The van der Waals surface area contributed by atoms with E-state index in [9.17, 15) is 13.6 Å². The summed E-state index contributed by atoms with van der Waals surface area (Å²) in [5.41, 5.74) is -0.244. The van der Waals surface area contributed by atoms with Gasteiger partial charge >= 0.3 is 0 Å². The van der Waals surface area contributed by atoms with E-state index >= 15 is 0 Å². The van der Waals surface area contributed by atoms with Gasteiger partial charge < -0.3 is 15.0 Å². The van der Waals surface area contributed by atoms with Gasteiger partial charge in [-0.25, -0.2) is 13.8 Å². The molecule has 7 heteroatoms. The summed E-state index contributed by atoms with van der Waals surface area (Å²) in [5, 5.41) is 9.00. The summed E-state index contributed by atoms with van der Waals surface area (Å²) in [4.78, 5) is 20.2. The van der Waals surface area contributed by atoms with Crippen molar-refractivity contribution in [2.24, 2.45) is 0 Å². The van der Waals surface area contributed by atoms with Crippen molar-refractivity contribution in [2.45, 2.75) is 6.54 Å². The molecule has 1 aromatic carbocycles. The van der Waals surface area contributed by atoms with E-state index in [0.717, 1.165) is 12.1 Å². The highest BCUT2D eigenvalue weighted by Crippen LogP contribution is 2.13. The molecule has 0 atom stereocenters. The Kier molecular flexibility index (Phi) is 4.41. The molecular weight excluding hydrogens is 268 g/mol. The molecule has 0 aliphatic heterocycles. The SMILES string of the molecule is O=C(c1ccc(F)cc1F)N(CCO)Cc1ncc[nH]1. The number of H-pyrrole nitrogens is 1. The number of halogens is 2. The quantitative estimate of drug-likeness (QED) is 0.868. The van der Waals surface area contributed by atoms with Crippen LogP contribution in [0.4, 0.5) is 8.78 Å². The fraction of sp³-hybridized carbons (Fsp3) is 0.231. The Hall–Kier alpha value is -2.28. The first-order chi connectivity index (χ1) is 9.61. The van der Waals surface area contributed by atoms with E-state index in [1.807, 2.05) is 0 Å². The third-order valence-corrected chi connectivity index (χ3v) is 2.71. The minimum Gasteiger partial charge on any atom is -0.395 e. The number of aliphatic hydroxyl groups is 1. The second-order valence-corrected chi connectivity index (χ2v) is 4.11. The van der Waals surface area contributed by atoms with E-state index in [0.29, 0.717) is 11.9 Å². The highest BCUT2D eigenvalue weighted by molar-refractivity contribution is 5.94. The van der Waals surface area contributed by atoms with Crippen LogP contribution >= 0.6 is 0 Å². The van der Waals surface area contributed by atoms with Gasteiger partial charge in [-0.05, 0) is 12.1 Å². The summed E-state index contributed by atoms with van der Waals surface area (Å²) < 4.78 is 26.5. The lowest BCUT2D eigenvalue weighted by Gasteiger charge is -2.21. The Labute approximate surface area is 113 Å². The summed E-state index contributed by atoms with van der Waals surface area (Å²) in [7, 11) is 0. The zero-order valence-corrected chi connectivity index (χ0v) is 10.5. The molecule has 0 radical (unpaired) electrons. The second kappa shape index (κ2) is 6.25. The van der Waals surface area contributed by atoms with Crippen LogP contribution in [0.1, 0.15) is 16.2 Å². The predicted molar refractivity (Wildman–Crippen MR) is 66.8 cm³/mol. The van der Waals surface area contributed by atoms with Gasteiger partial charge in [0.1, 0.15) is 17.5 Å². The third kappa shape index (κ3) is 3.18. The van der Waals surface area contributed by atoms with Crippen LogP contribution < -0.4 is 0 Å². The van der Waals surface area contributed by atoms with Crippen LogP contribution in [-0.2, 0) is 6.54 Å². The normalized spacial score (nSPS) is 10.6. The van der Waals surface area contributed by atoms with Gasteiger partial charge in [-0.3, -0.25) is 4.79 Å². The molecule has 2 N–H and O–H groups in total. The van der Waals surface area contributed by atoms with Crippen LogP contribution in [0.25, 0.3) is 0 Å². The number of hydrogen-bond acceptors (Lipinski definition) is 3. The fourth-order valence-electron chi connectivity index (χ4n) is 1.77. The molecule has 0 aliphatic rings. The molecule has 2 rings (SSSR count). The van der Waals surface area contributed by atoms with Crippen molar-refractivity contribution >= 4 is 5.91 Å². The minimum atomic E-state index is -0.933. The van der Waals surface area contributed by atoms with Crippen molar-refractivity contribution in [2.75, 3.05) is 13.2 Å². The molecule has 0 bridgehead atoms. The Bertz CT molecular complexity index is 587. The van der Waals surface area contributed by atoms with Gasteiger partial charge in [0.25, 0.3) is 5.91 Å². The molecule has 0 aliphatic carbocycles.